The smallest absolute Gasteiger partial charge is 0.127 e. The van der Waals surface area contributed by atoms with E-state index in [-0.39, 0.29) is 0 Å². The molecule has 0 aliphatic carbocycles. The van der Waals surface area contributed by atoms with Crippen LogP contribution in [-0.4, -0.2) is 14.2 Å². The molecule has 1 atom stereocenters. The molecule has 236 valence electrons. The van der Waals surface area contributed by atoms with E-state index in [0.29, 0.717) is 0 Å². The molecule has 0 heterocycles. The summed E-state index contributed by atoms with van der Waals surface area (Å²) in [7, 11) is 1.69. The van der Waals surface area contributed by atoms with E-state index in [1.54, 1.807) is 14.2 Å². The molecule has 0 aromatic heterocycles. The third-order valence-electron chi connectivity index (χ3n) is 8.66. The molecule has 2 nitrogen and oxygen atoms in total. The zero-order valence-corrected chi connectivity index (χ0v) is 29.9. The molecule has 0 N–H and O–H groups in total. The van der Waals surface area contributed by atoms with Crippen LogP contribution < -0.4 is 41.3 Å². The first kappa shape index (κ1) is 32.7. The van der Waals surface area contributed by atoms with Gasteiger partial charge in [0.05, 0.1) is 14.2 Å². The van der Waals surface area contributed by atoms with Crippen LogP contribution >= 0.6 is 15.8 Å². The van der Waals surface area contributed by atoms with Crippen molar-refractivity contribution < 1.29 is 9.47 Å². The first-order valence-electron chi connectivity index (χ1n) is 16.2. The van der Waals surface area contributed by atoms with Crippen molar-refractivity contribution in [3.05, 3.63) is 156 Å². The van der Waals surface area contributed by atoms with Crippen molar-refractivity contribution >= 4 is 47.7 Å². The Bertz CT molecular complexity index is 1900. The van der Waals surface area contributed by atoms with E-state index in [2.05, 4.69) is 161 Å². The highest BCUT2D eigenvalue weighted by Crippen LogP contribution is 2.47. The third kappa shape index (κ3) is 6.92. The zero-order chi connectivity index (χ0) is 32.9. The standard InChI is InChI=1S/C43H42O2P2/c1-7-33-20-28-37(29-21-33)47(36-26-18-32(4)19-27-36)41-13-9-11-39(45-6)43(41)42-38(44-5)10-8-12-40(42)46(34-22-14-30(2)15-23-34)35-24-16-31(3)17-25-35/h8-29H,7H2,1-6H3. The highest BCUT2D eigenvalue weighted by atomic mass is 31.1. The summed E-state index contributed by atoms with van der Waals surface area (Å²) in [5, 5.41) is 7.72. The summed E-state index contributed by atoms with van der Waals surface area (Å²) in [6.45, 7) is 8.66. The van der Waals surface area contributed by atoms with Gasteiger partial charge in [-0.05, 0) is 92.6 Å². The number of ether oxygens (including phenoxy) is 2. The predicted molar refractivity (Wildman–Crippen MR) is 206 cm³/mol. The maximum Gasteiger partial charge on any atom is 0.127 e. The van der Waals surface area contributed by atoms with Crippen LogP contribution in [0.4, 0.5) is 0 Å². The molecule has 6 rings (SSSR count). The molecule has 0 fully saturated rings. The summed E-state index contributed by atoms with van der Waals surface area (Å²) in [5.74, 6) is 1.70. The number of aryl methyl sites for hydroxylation is 4. The van der Waals surface area contributed by atoms with E-state index in [9.17, 15) is 0 Å². The van der Waals surface area contributed by atoms with Gasteiger partial charge in [-0.15, -0.1) is 0 Å². The lowest BCUT2D eigenvalue weighted by Gasteiger charge is -2.28. The van der Waals surface area contributed by atoms with Gasteiger partial charge in [-0.2, -0.15) is 0 Å². The van der Waals surface area contributed by atoms with Crippen molar-refractivity contribution in [2.45, 2.75) is 34.1 Å². The van der Waals surface area contributed by atoms with Gasteiger partial charge in [0.2, 0.25) is 0 Å². The lowest BCUT2D eigenvalue weighted by Crippen LogP contribution is -2.26. The number of hydrogen-bond donors (Lipinski definition) is 0. The third-order valence-corrected chi connectivity index (χ3v) is 13.6. The fourth-order valence-corrected chi connectivity index (χ4v) is 10.9. The van der Waals surface area contributed by atoms with Crippen LogP contribution in [0.2, 0.25) is 0 Å². The molecule has 6 aromatic rings. The van der Waals surface area contributed by atoms with Crippen molar-refractivity contribution in [1.29, 1.82) is 0 Å². The monoisotopic (exact) mass is 652 g/mol. The van der Waals surface area contributed by atoms with E-state index in [4.69, 9.17) is 9.47 Å². The molecule has 0 amide bonds. The van der Waals surface area contributed by atoms with Crippen molar-refractivity contribution in [2.75, 3.05) is 14.2 Å². The summed E-state index contributed by atoms with van der Waals surface area (Å²) >= 11 is 0. The molecule has 1 unspecified atom stereocenters. The Labute approximate surface area is 282 Å². The highest BCUT2D eigenvalue weighted by molar-refractivity contribution is 7.80. The molecule has 0 aliphatic rings. The maximum absolute atomic E-state index is 6.26. The summed E-state index contributed by atoms with van der Waals surface area (Å²) < 4.78 is 12.5. The van der Waals surface area contributed by atoms with Gasteiger partial charge in [0.1, 0.15) is 11.5 Å². The van der Waals surface area contributed by atoms with Gasteiger partial charge < -0.3 is 9.47 Å². The van der Waals surface area contributed by atoms with E-state index in [1.165, 1.54) is 54.1 Å². The van der Waals surface area contributed by atoms with E-state index >= 15 is 0 Å². The number of hydrogen-bond acceptors (Lipinski definition) is 2. The molecule has 0 bridgehead atoms. The predicted octanol–water partition coefficient (Wildman–Crippen LogP) is 8.37. The van der Waals surface area contributed by atoms with Crippen LogP contribution in [-0.2, 0) is 6.42 Å². The second-order valence-corrected chi connectivity index (χ2v) is 16.3. The van der Waals surface area contributed by atoms with Crippen molar-refractivity contribution in [2.24, 2.45) is 0 Å². The van der Waals surface area contributed by atoms with Crippen LogP contribution in [0, 0.1) is 20.8 Å². The average molecular weight is 653 g/mol. The Morgan fingerprint density at radius 1 is 0.426 bits per heavy atom. The van der Waals surface area contributed by atoms with Crippen molar-refractivity contribution in [3.63, 3.8) is 0 Å². The zero-order valence-electron chi connectivity index (χ0n) is 28.1. The Hall–Kier alpha value is -4.22. The van der Waals surface area contributed by atoms with Gasteiger partial charge in [-0.3, -0.25) is 0 Å². The van der Waals surface area contributed by atoms with Crippen molar-refractivity contribution in [3.8, 4) is 22.6 Å². The largest absolute Gasteiger partial charge is 0.496 e. The maximum atomic E-state index is 6.26. The molecule has 0 radical (unpaired) electrons. The fraction of sp³-hybridized carbons (Fsp3) is 0.163. The minimum atomic E-state index is -0.937. The molecule has 0 spiro atoms. The SMILES string of the molecule is CCc1ccc(P(c2ccc(C)cc2)c2cccc(OC)c2-c2c(OC)cccc2P(c2ccc(C)cc2)c2ccc(C)cc2)cc1. The number of methoxy groups -OCH3 is 2. The minimum Gasteiger partial charge on any atom is -0.496 e. The molecular weight excluding hydrogens is 610 g/mol. The van der Waals surface area contributed by atoms with Crippen molar-refractivity contribution in [1.82, 2.24) is 0 Å². The lowest BCUT2D eigenvalue weighted by molar-refractivity contribution is 0.411. The molecule has 6 aromatic carbocycles. The average Bonchev–Trinajstić information content (AvgIpc) is 3.11. The molecule has 4 heteroatoms. The molecule has 47 heavy (non-hydrogen) atoms. The Kier molecular flexibility index (Phi) is 10.2. The molecule has 0 saturated carbocycles. The summed E-state index contributed by atoms with van der Waals surface area (Å²) in [5.41, 5.74) is 7.30. The van der Waals surface area contributed by atoms with Crippen LogP contribution in [0.3, 0.4) is 0 Å². The quantitative estimate of drug-likeness (QED) is 0.139. The first-order chi connectivity index (χ1) is 22.9. The van der Waals surface area contributed by atoms with Crippen LogP contribution in [0.15, 0.2) is 133 Å². The number of benzene rings is 6. The van der Waals surface area contributed by atoms with E-state index in [1.807, 2.05) is 0 Å². The normalized spacial score (nSPS) is 11.8. The summed E-state index contributed by atoms with van der Waals surface area (Å²) in [6.07, 6.45) is 1.01. The van der Waals surface area contributed by atoms with Crippen LogP contribution in [0.1, 0.15) is 29.2 Å². The topological polar surface area (TPSA) is 18.5 Å². The summed E-state index contributed by atoms with van der Waals surface area (Å²) in [4.78, 5) is 0. The minimum absolute atomic E-state index is 0.847. The van der Waals surface area contributed by atoms with Gasteiger partial charge in [0.15, 0.2) is 0 Å². The molecule has 0 saturated heterocycles. The summed E-state index contributed by atoms with van der Waals surface area (Å²) in [6, 6.07) is 49.4. The second-order valence-electron chi connectivity index (χ2n) is 11.9. The van der Waals surface area contributed by atoms with Crippen LogP contribution in [0.5, 0.6) is 11.5 Å². The van der Waals surface area contributed by atoms with Gasteiger partial charge in [-0.25, -0.2) is 0 Å². The Morgan fingerprint density at radius 2 is 0.745 bits per heavy atom. The van der Waals surface area contributed by atoms with E-state index < -0.39 is 15.8 Å². The Morgan fingerprint density at radius 3 is 1.04 bits per heavy atom. The lowest BCUT2D eigenvalue weighted by atomic mass is 10.0. The van der Waals surface area contributed by atoms with Gasteiger partial charge in [0.25, 0.3) is 0 Å². The van der Waals surface area contributed by atoms with Crippen LogP contribution in [0.25, 0.3) is 11.1 Å². The highest BCUT2D eigenvalue weighted by Gasteiger charge is 2.29. The van der Waals surface area contributed by atoms with Gasteiger partial charge in [-0.1, -0.05) is 145 Å². The van der Waals surface area contributed by atoms with E-state index in [0.717, 1.165) is 29.0 Å². The Balaban J connectivity index is 1.68. The second kappa shape index (κ2) is 14.7. The van der Waals surface area contributed by atoms with Gasteiger partial charge >= 0.3 is 0 Å². The van der Waals surface area contributed by atoms with Gasteiger partial charge in [0, 0.05) is 11.1 Å². The molecular formula is C43H42O2P2. The first-order valence-corrected chi connectivity index (χ1v) is 18.8. The fourth-order valence-electron chi connectivity index (χ4n) is 6.07. The number of rotatable bonds is 10. The molecule has 0 aliphatic heterocycles.